The summed E-state index contributed by atoms with van der Waals surface area (Å²) in [5.41, 5.74) is 8.45. The Morgan fingerprint density at radius 1 is 1.29 bits per heavy atom. The molecule has 0 spiro atoms. The first kappa shape index (κ1) is 15.8. The summed E-state index contributed by atoms with van der Waals surface area (Å²) < 4.78 is 13.4. The van der Waals surface area contributed by atoms with Gasteiger partial charge in [0.15, 0.2) is 5.78 Å². The van der Waals surface area contributed by atoms with E-state index < -0.39 is 11.7 Å². The lowest BCUT2D eigenvalue weighted by molar-refractivity contribution is 0.0948. The average molecular weight is 321 g/mol. The van der Waals surface area contributed by atoms with Gasteiger partial charge in [0.1, 0.15) is 11.6 Å². The average Bonchev–Trinajstić information content (AvgIpc) is 2.91. The SMILES string of the molecule is Cc1ccccc1N1CC(C(=O)c2cccc(F)c2)C(C#N)=C1N. The molecule has 0 bridgehead atoms. The number of hydrogen-bond acceptors (Lipinski definition) is 4. The third-order valence-corrected chi connectivity index (χ3v) is 4.23. The molecule has 0 aromatic heterocycles. The Balaban J connectivity index is 1.98. The van der Waals surface area contributed by atoms with Crippen LogP contribution in [0, 0.1) is 30.0 Å². The van der Waals surface area contributed by atoms with Crippen molar-refractivity contribution in [2.75, 3.05) is 11.4 Å². The van der Waals surface area contributed by atoms with Crippen LogP contribution in [-0.2, 0) is 0 Å². The zero-order valence-corrected chi connectivity index (χ0v) is 13.2. The number of Topliss-reactive ketones (excluding diaryl/α,β-unsaturated/α-hetero) is 1. The van der Waals surface area contributed by atoms with E-state index in [0.717, 1.165) is 11.3 Å². The third kappa shape index (κ3) is 2.63. The van der Waals surface area contributed by atoms with Crippen LogP contribution >= 0.6 is 0 Å². The highest BCUT2D eigenvalue weighted by molar-refractivity contribution is 6.01. The van der Waals surface area contributed by atoms with Crippen molar-refractivity contribution in [2.24, 2.45) is 11.7 Å². The molecule has 120 valence electrons. The molecule has 1 aliphatic rings. The van der Waals surface area contributed by atoms with Crippen molar-refractivity contribution in [3.8, 4) is 6.07 Å². The summed E-state index contributed by atoms with van der Waals surface area (Å²) in [6, 6.07) is 15.2. The van der Waals surface area contributed by atoms with Crippen molar-refractivity contribution in [1.29, 1.82) is 5.26 Å². The van der Waals surface area contributed by atoms with Crippen molar-refractivity contribution < 1.29 is 9.18 Å². The topological polar surface area (TPSA) is 70.1 Å². The highest BCUT2D eigenvalue weighted by Crippen LogP contribution is 2.33. The fraction of sp³-hybridized carbons (Fsp3) is 0.158. The zero-order chi connectivity index (χ0) is 17.3. The van der Waals surface area contributed by atoms with E-state index in [1.807, 2.05) is 37.3 Å². The first-order chi connectivity index (χ1) is 11.5. The van der Waals surface area contributed by atoms with Gasteiger partial charge in [0.05, 0.1) is 17.6 Å². The number of nitrogens with two attached hydrogens (primary N) is 1. The van der Waals surface area contributed by atoms with Crippen molar-refractivity contribution in [3.63, 3.8) is 0 Å². The summed E-state index contributed by atoms with van der Waals surface area (Å²) >= 11 is 0. The van der Waals surface area contributed by atoms with E-state index in [9.17, 15) is 14.4 Å². The van der Waals surface area contributed by atoms with Crippen LogP contribution in [0.1, 0.15) is 15.9 Å². The Kier molecular flexibility index (Phi) is 4.05. The standard InChI is InChI=1S/C19H16FN3O/c1-12-5-2-3-8-17(12)23-11-16(15(10-21)19(23)22)18(24)13-6-4-7-14(20)9-13/h2-9,16H,11,22H2,1H3. The Labute approximate surface area is 139 Å². The van der Waals surface area contributed by atoms with Gasteiger partial charge in [-0.1, -0.05) is 30.3 Å². The monoisotopic (exact) mass is 321 g/mol. The van der Waals surface area contributed by atoms with Crippen molar-refractivity contribution >= 4 is 11.5 Å². The molecule has 1 aliphatic heterocycles. The molecule has 0 amide bonds. The van der Waals surface area contributed by atoms with Crippen LogP contribution in [0.15, 0.2) is 59.9 Å². The number of rotatable bonds is 3. The molecular formula is C19H16FN3O. The molecular weight excluding hydrogens is 305 g/mol. The molecule has 2 aromatic rings. The molecule has 1 unspecified atom stereocenters. The Morgan fingerprint density at radius 3 is 2.71 bits per heavy atom. The van der Waals surface area contributed by atoms with Crippen LogP contribution in [0.25, 0.3) is 0 Å². The quantitative estimate of drug-likeness (QED) is 0.882. The van der Waals surface area contributed by atoms with Crippen molar-refractivity contribution in [2.45, 2.75) is 6.92 Å². The lowest BCUT2D eigenvalue weighted by atomic mass is 9.93. The van der Waals surface area contributed by atoms with Crippen LogP contribution < -0.4 is 10.6 Å². The molecule has 0 saturated carbocycles. The maximum Gasteiger partial charge on any atom is 0.173 e. The minimum absolute atomic E-state index is 0.229. The fourth-order valence-electron chi connectivity index (χ4n) is 2.98. The van der Waals surface area contributed by atoms with Crippen molar-refractivity contribution in [1.82, 2.24) is 0 Å². The molecule has 0 fully saturated rings. The Hall–Kier alpha value is -3.13. The molecule has 5 heteroatoms. The largest absolute Gasteiger partial charge is 0.384 e. The highest BCUT2D eigenvalue weighted by Gasteiger charge is 2.36. The van der Waals surface area contributed by atoms with Crippen LogP contribution in [0.4, 0.5) is 10.1 Å². The first-order valence-corrected chi connectivity index (χ1v) is 7.55. The number of benzene rings is 2. The number of halogens is 1. The second kappa shape index (κ2) is 6.17. The van der Waals surface area contributed by atoms with E-state index in [4.69, 9.17) is 5.73 Å². The number of para-hydroxylation sites is 1. The summed E-state index contributed by atoms with van der Waals surface area (Å²) in [6.07, 6.45) is 0. The van der Waals surface area contributed by atoms with E-state index >= 15 is 0 Å². The minimum atomic E-state index is -0.698. The van der Waals surface area contributed by atoms with Crippen LogP contribution in [0.3, 0.4) is 0 Å². The minimum Gasteiger partial charge on any atom is -0.384 e. The third-order valence-electron chi connectivity index (χ3n) is 4.23. The van der Waals surface area contributed by atoms with E-state index in [2.05, 4.69) is 0 Å². The lowest BCUT2D eigenvalue weighted by Gasteiger charge is -2.22. The van der Waals surface area contributed by atoms with Crippen LogP contribution in [0.5, 0.6) is 0 Å². The lowest BCUT2D eigenvalue weighted by Crippen LogP contribution is -2.28. The highest BCUT2D eigenvalue weighted by atomic mass is 19.1. The second-order valence-electron chi connectivity index (χ2n) is 5.73. The maximum atomic E-state index is 13.4. The number of aryl methyl sites for hydroxylation is 1. The normalized spacial score (nSPS) is 17.0. The van der Waals surface area contributed by atoms with Crippen molar-refractivity contribution in [3.05, 3.63) is 76.9 Å². The van der Waals surface area contributed by atoms with Gasteiger partial charge in [0, 0.05) is 17.8 Å². The fourth-order valence-corrected chi connectivity index (χ4v) is 2.98. The van der Waals surface area contributed by atoms with Gasteiger partial charge in [-0.25, -0.2) is 4.39 Å². The number of nitrogens with zero attached hydrogens (tertiary/aromatic N) is 2. The Morgan fingerprint density at radius 2 is 2.04 bits per heavy atom. The summed E-state index contributed by atoms with van der Waals surface area (Å²) in [5.74, 6) is -1.20. The predicted molar refractivity (Wildman–Crippen MR) is 89.6 cm³/mol. The van der Waals surface area contributed by atoms with Gasteiger partial charge in [-0.3, -0.25) is 4.79 Å². The van der Waals surface area contributed by atoms with Gasteiger partial charge < -0.3 is 10.6 Å². The van der Waals surface area contributed by atoms with Crippen LogP contribution in [0.2, 0.25) is 0 Å². The zero-order valence-electron chi connectivity index (χ0n) is 13.2. The van der Waals surface area contributed by atoms with Gasteiger partial charge >= 0.3 is 0 Å². The molecule has 2 aromatic carbocycles. The van der Waals surface area contributed by atoms with E-state index in [0.29, 0.717) is 0 Å². The molecule has 2 N–H and O–H groups in total. The summed E-state index contributed by atoms with van der Waals surface area (Å²) in [5, 5.41) is 9.45. The number of hydrogen-bond donors (Lipinski definition) is 1. The smallest absolute Gasteiger partial charge is 0.173 e. The summed E-state index contributed by atoms with van der Waals surface area (Å²) in [7, 11) is 0. The molecule has 0 saturated heterocycles. The van der Waals surface area contributed by atoms with E-state index in [1.54, 1.807) is 11.0 Å². The maximum absolute atomic E-state index is 13.4. The molecule has 1 atom stereocenters. The Bertz CT molecular complexity index is 882. The number of carbonyl (C=O) groups excluding carboxylic acids is 1. The molecule has 0 radical (unpaired) electrons. The summed E-state index contributed by atoms with van der Waals surface area (Å²) in [6.45, 7) is 2.21. The van der Waals surface area contributed by atoms with Gasteiger partial charge in [-0.2, -0.15) is 5.26 Å². The first-order valence-electron chi connectivity index (χ1n) is 7.55. The number of carbonyl (C=O) groups is 1. The summed E-state index contributed by atoms with van der Waals surface area (Å²) in [4.78, 5) is 14.5. The number of nitriles is 1. The van der Waals surface area contributed by atoms with Gasteiger partial charge in [0.25, 0.3) is 0 Å². The van der Waals surface area contributed by atoms with Gasteiger partial charge in [-0.15, -0.1) is 0 Å². The molecule has 4 nitrogen and oxygen atoms in total. The van der Waals surface area contributed by atoms with E-state index in [1.165, 1.54) is 18.2 Å². The van der Waals surface area contributed by atoms with Gasteiger partial charge in [0.2, 0.25) is 0 Å². The molecule has 24 heavy (non-hydrogen) atoms. The number of anilines is 1. The predicted octanol–water partition coefficient (Wildman–Crippen LogP) is 3.15. The number of ketones is 1. The molecule has 3 rings (SSSR count). The molecule has 0 aliphatic carbocycles. The second-order valence-corrected chi connectivity index (χ2v) is 5.73. The van der Waals surface area contributed by atoms with Crippen LogP contribution in [-0.4, -0.2) is 12.3 Å². The van der Waals surface area contributed by atoms with E-state index in [-0.39, 0.29) is 29.3 Å². The molecule has 1 heterocycles. The van der Waals surface area contributed by atoms with Gasteiger partial charge in [-0.05, 0) is 30.7 Å².